The van der Waals surface area contributed by atoms with Crippen LogP contribution in [0.25, 0.3) is 0 Å². The molecule has 25 heavy (non-hydrogen) atoms. The van der Waals surface area contributed by atoms with E-state index in [1.807, 2.05) is 13.8 Å². The topological polar surface area (TPSA) is 75.3 Å². The average Bonchev–Trinajstić information content (AvgIpc) is 2.59. The first kappa shape index (κ1) is 19.3. The van der Waals surface area contributed by atoms with Crippen LogP contribution in [0.5, 0.6) is 0 Å². The molecule has 2 aromatic carbocycles. The molecule has 0 radical (unpaired) electrons. The van der Waals surface area contributed by atoms with Crippen molar-refractivity contribution in [1.29, 1.82) is 0 Å². The zero-order valence-corrected chi connectivity index (χ0v) is 15.9. The van der Waals surface area contributed by atoms with Gasteiger partial charge in [0, 0.05) is 17.9 Å². The molecular weight excluding hydrogens is 356 g/mol. The number of rotatable bonds is 8. The van der Waals surface area contributed by atoms with Crippen LogP contribution in [-0.4, -0.2) is 25.8 Å². The van der Waals surface area contributed by atoms with Crippen LogP contribution >= 0.6 is 11.8 Å². The summed E-state index contributed by atoms with van der Waals surface area (Å²) in [5.41, 5.74) is 1.80. The highest BCUT2D eigenvalue weighted by Crippen LogP contribution is 2.23. The highest BCUT2D eigenvalue weighted by molar-refractivity contribution is 7.99. The molecule has 7 heteroatoms. The molecule has 0 bridgehead atoms. The minimum absolute atomic E-state index is 0.0818. The molecule has 0 aliphatic carbocycles. The van der Waals surface area contributed by atoms with E-state index in [0.717, 1.165) is 17.1 Å². The van der Waals surface area contributed by atoms with E-state index < -0.39 is 10.0 Å². The van der Waals surface area contributed by atoms with Crippen LogP contribution in [0, 0.1) is 6.92 Å². The van der Waals surface area contributed by atoms with Crippen molar-refractivity contribution < 1.29 is 13.2 Å². The third-order valence-corrected chi connectivity index (χ3v) is 5.78. The number of aryl methyl sites for hydroxylation is 1. The van der Waals surface area contributed by atoms with Crippen molar-refractivity contribution in [2.45, 2.75) is 25.2 Å². The Morgan fingerprint density at radius 1 is 1.12 bits per heavy atom. The van der Waals surface area contributed by atoms with Crippen molar-refractivity contribution in [2.24, 2.45) is 0 Å². The standard InChI is InChI=1S/C18H22N2O3S2/c1-3-24-12-11-18(21)19-15-10-9-14(2)17(13-15)20-25(22,23)16-7-5-4-6-8-16/h4-10,13,20H,3,11-12H2,1-2H3,(H,19,21). The maximum absolute atomic E-state index is 12.5. The van der Waals surface area contributed by atoms with Gasteiger partial charge in [0.1, 0.15) is 0 Å². The number of carbonyl (C=O) groups is 1. The first-order valence-corrected chi connectivity index (χ1v) is 10.6. The van der Waals surface area contributed by atoms with Crippen LogP contribution < -0.4 is 10.0 Å². The first-order valence-electron chi connectivity index (χ1n) is 7.98. The molecule has 5 nitrogen and oxygen atoms in total. The second-order valence-electron chi connectivity index (χ2n) is 5.44. The van der Waals surface area contributed by atoms with Crippen LogP contribution in [0.4, 0.5) is 11.4 Å². The predicted molar refractivity (Wildman–Crippen MR) is 105 cm³/mol. The second-order valence-corrected chi connectivity index (χ2v) is 8.52. The van der Waals surface area contributed by atoms with E-state index in [1.165, 1.54) is 12.1 Å². The molecule has 2 aromatic rings. The molecule has 0 spiro atoms. The number of benzene rings is 2. The summed E-state index contributed by atoms with van der Waals surface area (Å²) < 4.78 is 27.5. The minimum Gasteiger partial charge on any atom is -0.326 e. The summed E-state index contributed by atoms with van der Waals surface area (Å²) >= 11 is 1.71. The van der Waals surface area contributed by atoms with Gasteiger partial charge in [0.15, 0.2) is 0 Å². The molecule has 0 unspecified atom stereocenters. The van der Waals surface area contributed by atoms with Gasteiger partial charge in [0.2, 0.25) is 5.91 Å². The lowest BCUT2D eigenvalue weighted by Gasteiger charge is -2.13. The van der Waals surface area contributed by atoms with Gasteiger partial charge < -0.3 is 5.32 Å². The van der Waals surface area contributed by atoms with Crippen molar-refractivity contribution >= 4 is 39.1 Å². The van der Waals surface area contributed by atoms with E-state index >= 15 is 0 Å². The number of anilines is 2. The van der Waals surface area contributed by atoms with E-state index in [0.29, 0.717) is 17.8 Å². The average molecular weight is 379 g/mol. The van der Waals surface area contributed by atoms with Gasteiger partial charge in [0.05, 0.1) is 10.6 Å². The zero-order valence-electron chi connectivity index (χ0n) is 14.3. The number of carbonyl (C=O) groups excluding carboxylic acids is 1. The van der Waals surface area contributed by atoms with Crippen LogP contribution in [0.3, 0.4) is 0 Å². The maximum atomic E-state index is 12.5. The fourth-order valence-corrected chi connectivity index (χ4v) is 3.91. The van der Waals surface area contributed by atoms with E-state index in [2.05, 4.69) is 10.0 Å². The Hall–Kier alpha value is -1.99. The van der Waals surface area contributed by atoms with Crippen LogP contribution in [-0.2, 0) is 14.8 Å². The van der Waals surface area contributed by atoms with Gasteiger partial charge in [-0.15, -0.1) is 0 Å². The second kappa shape index (κ2) is 8.92. The monoisotopic (exact) mass is 378 g/mol. The van der Waals surface area contributed by atoms with Crippen LogP contribution in [0.1, 0.15) is 18.9 Å². The highest BCUT2D eigenvalue weighted by atomic mass is 32.2. The lowest BCUT2D eigenvalue weighted by atomic mass is 10.2. The van der Waals surface area contributed by atoms with Crippen molar-refractivity contribution in [3.63, 3.8) is 0 Å². The molecule has 0 aliphatic heterocycles. The highest BCUT2D eigenvalue weighted by Gasteiger charge is 2.15. The van der Waals surface area contributed by atoms with Gasteiger partial charge in [-0.25, -0.2) is 8.42 Å². The first-order chi connectivity index (χ1) is 11.9. The minimum atomic E-state index is -3.66. The van der Waals surface area contributed by atoms with E-state index in [-0.39, 0.29) is 10.8 Å². The Kier molecular flexibility index (Phi) is 6.90. The van der Waals surface area contributed by atoms with Crippen molar-refractivity contribution in [3.8, 4) is 0 Å². The molecule has 0 aliphatic rings. The number of thioether (sulfide) groups is 1. The Labute approximate surface area is 153 Å². The molecule has 1 amide bonds. The summed E-state index contributed by atoms with van der Waals surface area (Å²) in [4.78, 5) is 12.1. The molecule has 0 heterocycles. The number of hydrogen-bond donors (Lipinski definition) is 2. The van der Waals surface area contributed by atoms with Gasteiger partial charge in [-0.1, -0.05) is 31.2 Å². The lowest BCUT2D eigenvalue weighted by Crippen LogP contribution is -2.15. The molecule has 134 valence electrons. The molecule has 0 saturated carbocycles. The molecule has 0 aromatic heterocycles. The SMILES string of the molecule is CCSCCC(=O)Nc1ccc(C)c(NS(=O)(=O)c2ccccc2)c1. The Morgan fingerprint density at radius 2 is 1.84 bits per heavy atom. The van der Waals surface area contributed by atoms with Gasteiger partial charge in [-0.3, -0.25) is 9.52 Å². The molecular formula is C18H22N2O3S2. The summed E-state index contributed by atoms with van der Waals surface area (Å²) in [6.07, 6.45) is 0.428. The van der Waals surface area contributed by atoms with Gasteiger partial charge in [-0.2, -0.15) is 11.8 Å². The smallest absolute Gasteiger partial charge is 0.261 e. The number of sulfonamides is 1. The predicted octanol–water partition coefficient (Wildman–Crippen LogP) is 3.88. The molecule has 0 fully saturated rings. The molecule has 2 N–H and O–H groups in total. The molecule has 0 atom stereocenters. The quantitative estimate of drug-likeness (QED) is 0.684. The lowest BCUT2D eigenvalue weighted by molar-refractivity contribution is -0.115. The van der Waals surface area contributed by atoms with Crippen molar-refractivity contribution in [3.05, 3.63) is 54.1 Å². The maximum Gasteiger partial charge on any atom is 0.261 e. The van der Waals surface area contributed by atoms with Crippen molar-refractivity contribution in [2.75, 3.05) is 21.5 Å². The van der Waals surface area contributed by atoms with Gasteiger partial charge in [-0.05, 0) is 42.5 Å². The van der Waals surface area contributed by atoms with Gasteiger partial charge in [0.25, 0.3) is 10.0 Å². The Balaban J connectivity index is 2.12. The zero-order chi connectivity index (χ0) is 18.3. The third-order valence-electron chi connectivity index (χ3n) is 3.50. The Morgan fingerprint density at radius 3 is 2.52 bits per heavy atom. The third kappa shape index (κ3) is 5.79. The fourth-order valence-electron chi connectivity index (χ4n) is 2.15. The summed E-state index contributed by atoms with van der Waals surface area (Å²) in [6, 6.07) is 13.4. The molecule has 2 rings (SSSR count). The fraction of sp³-hybridized carbons (Fsp3) is 0.278. The summed E-state index contributed by atoms with van der Waals surface area (Å²) in [5.74, 6) is 1.66. The largest absolute Gasteiger partial charge is 0.326 e. The summed E-state index contributed by atoms with van der Waals surface area (Å²) in [6.45, 7) is 3.86. The number of nitrogens with one attached hydrogen (secondary N) is 2. The van der Waals surface area contributed by atoms with Crippen LogP contribution in [0.2, 0.25) is 0 Å². The number of hydrogen-bond acceptors (Lipinski definition) is 4. The summed E-state index contributed by atoms with van der Waals surface area (Å²) in [5, 5.41) is 2.81. The van der Waals surface area contributed by atoms with E-state index in [4.69, 9.17) is 0 Å². The number of amides is 1. The Bertz CT molecular complexity index is 821. The molecule has 0 saturated heterocycles. The van der Waals surface area contributed by atoms with E-state index in [9.17, 15) is 13.2 Å². The normalized spacial score (nSPS) is 11.1. The van der Waals surface area contributed by atoms with Crippen molar-refractivity contribution in [1.82, 2.24) is 0 Å². The van der Waals surface area contributed by atoms with Gasteiger partial charge >= 0.3 is 0 Å². The van der Waals surface area contributed by atoms with Crippen LogP contribution in [0.15, 0.2) is 53.4 Å². The summed E-state index contributed by atoms with van der Waals surface area (Å²) in [7, 11) is -3.66. The van der Waals surface area contributed by atoms with E-state index in [1.54, 1.807) is 48.2 Å².